The Balaban J connectivity index is 2.45. The van der Waals surface area contributed by atoms with Gasteiger partial charge in [-0.3, -0.25) is 0 Å². The van der Waals surface area contributed by atoms with Gasteiger partial charge >= 0.3 is 0 Å². The van der Waals surface area contributed by atoms with E-state index in [2.05, 4.69) is 12.1 Å². The van der Waals surface area contributed by atoms with Crippen LogP contribution < -0.4 is 0 Å². The highest BCUT2D eigenvalue weighted by molar-refractivity contribution is 5.50. The monoisotopic (exact) mass is 210 g/mol. The van der Waals surface area contributed by atoms with Gasteiger partial charge in [0.05, 0.1) is 23.3 Å². The van der Waals surface area contributed by atoms with Crippen LogP contribution in [0.3, 0.4) is 0 Å². The number of rotatable bonds is 1. The van der Waals surface area contributed by atoms with Crippen molar-refractivity contribution in [2.75, 3.05) is 0 Å². The van der Waals surface area contributed by atoms with Crippen molar-refractivity contribution in [1.82, 2.24) is 0 Å². The molecule has 0 aliphatic heterocycles. The first-order chi connectivity index (χ1) is 7.86. The molecule has 1 saturated carbocycles. The molecule has 2 nitrogen and oxygen atoms in total. The Morgan fingerprint density at radius 1 is 0.938 bits per heavy atom. The zero-order valence-corrected chi connectivity index (χ0v) is 9.24. The van der Waals surface area contributed by atoms with Gasteiger partial charge in [0.1, 0.15) is 0 Å². The summed E-state index contributed by atoms with van der Waals surface area (Å²) in [5, 5.41) is 18.2. The van der Waals surface area contributed by atoms with Crippen molar-refractivity contribution < 1.29 is 0 Å². The maximum atomic E-state index is 9.11. The molecule has 0 radical (unpaired) electrons. The second-order valence-corrected chi connectivity index (χ2v) is 4.33. The summed E-state index contributed by atoms with van der Waals surface area (Å²) in [4.78, 5) is 0. The van der Waals surface area contributed by atoms with Gasteiger partial charge in [0.2, 0.25) is 0 Å². The minimum Gasteiger partial charge on any atom is -0.192 e. The standard InChI is InChI=1S/C14H14N2/c15-9-12-7-4-8-13(10-16)14(12)11-5-2-1-3-6-11/h4,7-8,11H,1-3,5-6H2. The summed E-state index contributed by atoms with van der Waals surface area (Å²) in [6, 6.07) is 9.88. The van der Waals surface area contributed by atoms with E-state index < -0.39 is 0 Å². The number of nitriles is 2. The van der Waals surface area contributed by atoms with Crippen molar-refractivity contribution >= 4 is 0 Å². The van der Waals surface area contributed by atoms with Gasteiger partial charge in [0.25, 0.3) is 0 Å². The second kappa shape index (κ2) is 4.81. The Hall–Kier alpha value is -1.80. The van der Waals surface area contributed by atoms with E-state index in [1.54, 1.807) is 6.07 Å². The number of nitrogens with zero attached hydrogens (tertiary/aromatic N) is 2. The van der Waals surface area contributed by atoms with E-state index in [0.717, 1.165) is 18.4 Å². The van der Waals surface area contributed by atoms with Crippen molar-refractivity contribution in [3.63, 3.8) is 0 Å². The lowest BCUT2D eigenvalue weighted by Gasteiger charge is -2.23. The van der Waals surface area contributed by atoms with Crippen LogP contribution in [0.15, 0.2) is 18.2 Å². The molecule has 0 saturated heterocycles. The Kier molecular flexibility index (Phi) is 3.22. The molecule has 1 aromatic carbocycles. The molecule has 1 aromatic rings. The van der Waals surface area contributed by atoms with Gasteiger partial charge in [-0.2, -0.15) is 10.5 Å². The fraction of sp³-hybridized carbons (Fsp3) is 0.429. The van der Waals surface area contributed by atoms with Gasteiger partial charge in [-0.25, -0.2) is 0 Å². The maximum Gasteiger partial charge on any atom is 0.0995 e. The summed E-state index contributed by atoms with van der Waals surface area (Å²) in [6.07, 6.45) is 5.96. The molecule has 1 fully saturated rings. The minimum atomic E-state index is 0.416. The molecule has 2 heteroatoms. The Morgan fingerprint density at radius 2 is 1.50 bits per heavy atom. The van der Waals surface area contributed by atoms with Crippen molar-refractivity contribution in [2.24, 2.45) is 0 Å². The normalized spacial score (nSPS) is 16.4. The molecule has 1 aliphatic carbocycles. The molecule has 2 rings (SSSR count). The van der Waals surface area contributed by atoms with Crippen LogP contribution in [0.25, 0.3) is 0 Å². The highest BCUT2D eigenvalue weighted by Gasteiger charge is 2.21. The predicted octanol–water partition coefficient (Wildman–Crippen LogP) is 3.48. The van der Waals surface area contributed by atoms with E-state index in [4.69, 9.17) is 10.5 Å². The van der Waals surface area contributed by atoms with Crippen molar-refractivity contribution in [3.05, 3.63) is 34.9 Å². The zero-order valence-electron chi connectivity index (χ0n) is 9.24. The second-order valence-electron chi connectivity index (χ2n) is 4.33. The van der Waals surface area contributed by atoms with E-state index in [9.17, 15) is 0 Å². The van der Waals surface area contributed by atoms with Crippen LogP contribution in [-0.2, 0) is 0 Å². The van der Waals surface area contributed by atoms with Crippen molar-refractivity contribution in [3.8, 4) is 12.1 Å². The SMILES string of the molecule is N#Cc1cccc(C#N)c1C1CCCCC1. The van der Waals surface area contributed by atoms with Gasteiger partial charge in [0, 0.05) is 0 Å². The largest absolute Gasteiger partial charge is 0.192 e. The fourth-order valence-corrected chi connectivity index (χ4v) is 2.59. The average molecular weight is 210 g/mol. The highest BCUT2D eigenvalue weighted by Crippen LogP contribution is 2.35. The maximum absolute atomic E-state index is 9.11. The smallest absolute Gasteiger partial charge is 0.0995 e. The molecular weight excluding hydrogens is 196 g/mol. The van der Waals surface area contributed by atoms with Gasteiger partial charge in [-0.1, -0.05) is 25.3 Å². The molecule has 0 amide bonds. The van der Waals surface area contributed by atoms with Crippen molar-refractivity contribution in [2.45, 2.75) is 38.0 Å². The van der Waals surface area contributed by atoms with Crippen LogP contribution in [0, 0.1) is 22.7 Å². The molecule has 0 N–H and O–H groups in total. The van der Waals surface area contributed by atoms with Crippen LogP contribution in [0.2, 0.25) is 0 Å². The molecule has 0 bridgehead atoms. The van der Waals surface area contributed by atoms with Gasteiger partial charge < -0.3 is 0 Å². The van der Waals surface area contributed by atoms with Crippen LogP contribution in [0.4, 0.5) is 0 Å². The summed E-state index contributed by atoms with van der Waals surface area (Å²) in [6.45, 7) is 0. The number of hydrogen-bond donors (Lipinski definition) is 0. The third-order valence-corrected chi connectivity index (χ3v) is 3.36. The lowest BCUT2D eigenvalue weighted by Crippen LogP contribution is -2.08. The summed E-state index contributed by atoms with van der Waals surface area (Å²) in [7, 11) is 0. The van der Waals surface area contributed by atoms with Crippen LogP contribution in [0.1, 0.15) is 54.7 Å². The molecule has 0 atom stereocenters. The van der Waals surface area contributed by atoms with Gasteiger partial charge in [-0.15, -0.1) is 0 Å². The quantitative estimate of drug-likeness (QED) is 0.712. The molecule has 16 heavy (non-hydrogen) atoms. The third kappa shape index (κ3) is 1.92. The van der Waals surface area contributed by atoms with E-state index >= 15 is 0 Å². The predicted molar refractivity (Wildman–Crippen MR) is 61.7 cm³/mol. The van der Waals surface area contributed by atoms with Gasteiger partial charge in [-0.05, 0) is 36.5 Å². The third-order valence-electron chi connectivity index (χ3n) is 3.36. The van der Waals surface area contributed by atoms with Gasteiger partial charge in [0.15, 0.2) is 0 Å². The van der Waals surface area contributed by atoms with E-state index in [-0.39, 0.29) is 0 Å². The first-order valence-electron chi connectivity index (χ1n) is 5.80. The highest BCUT2D eigenvalue weighted by atomic mass is 14.3. The minimum absolute atomic E-state index is 0.416. The van der Waals surface area contributed by atoms with Crippen molar-refractivity contribution in [1.29, 1.82) is 10.5 Å². The molecule has 0 heterocycles. The van der Waals surface area contributed by atoms with Crippen LogP contribution >= 0.6 is 0 Å². The lowest BCUT2D eigenvalue weighted by atomic mass is 9.80. The fourth-order valence-electron chi connectivity index (χ4n) is 2.59. The zero-order chi connectivity index (χ0) is 11.4. The summed E-state index contributed by atoms with van der Waals surface area (Å²) < 4.78 is 0. The van der Waals surface area contributed by atoms with E-state index in [0.29, 0.717) is 17.0 Å². The Bertz CT molecular complexity index is 424. The van der Waals surface area contributed by atoms with E-state index in [1.165, 1.54) is 19.3 Å². The molecule has 0 spiro atoms. The van der Waals surface area contributed by atoms with Crippen LogP contribution in [0.5, 0.6) is 0 Å². The molecule has 80 valence electrons. The Labute approximate surface area is 96.1 Å². The number of benzene rings is 1. The summed E-state index contributed by atoms with van der Waals surface area (Å²) in [5.41, 5.74) is 2.36. The number of hydrogen-bond acceptors (Lipinski definition) is 2. The lowest BCUT2D eigenvalue weighted by molar-refractivity contribution is 0.442. The first kappa shape index (κ1) is 10.7. The molecular formula is C14H14N2. The first-order valence-corrected chi connectivity index (χ1v) is 5.80. The van der Waals surface area contributed by atoms with Crippen LogP contribution in [-0.4, -0.2) is 0 Å². The average Bonchev–Trinajstić information content (AvgIpc) is 2.38. The summed E-state index contributed by atoms with van der Waals surface area (Å²) >= 11 is 0. The van der Waals surface area contributed by atoms with E-state index in [1.807, 2.05) is 12.1 Å². The molecule has 0 aromatic heterocycles. The summed E-state index contributed by atoms with van der Waals surface area (Å²) in [5.74, 6) is 0.416. The Morgan fingerprint density at radius 3 is 2.00 bits per heavy atom. The molecule has 0 unspecified atom stereocenters. The molecule has 1 aliphatic rings. The topological polar surface area (TPSA) is 47.6 Å².